The van der Waals surface area contributed by atoms with Gasteiger partial charge in [-0.2, -0.15) is 0 Å². The minimum atomic E-state index is -2.09. The maximum atomic E-state index is 13.2. The van der Waals surface area contributed by atoms with E-state index in [0.29, 0.717) is 33.8 Å². The molecule has 2 unspecified atom stereocenters. The zero-order valence-corrected chi connectivity index (χ0v) is 36.6. The Morgan fingerprint density at radius 3 is 1.54 bits per heavy atom. The molecule has 0 aliphatic rings. The minimum Gasteiger partial charge on any atom is -0.457 e. The van der Waals surface area contributed by atoms with E-state index in [2.05, 4.69) is 120 Å². The van der Waals surface area contributed by atoms with Crippen LogP contribution in [-0.4, -0.2) is 27.0 Å². The normalized spacial score (nSPS) is 13.2. The summed E-state index contributed by atoms with van der Waals surface area (Å²) >= 11 is -2.09. The molecule has 0 saturated heterocycles. The molecule has 6 aromatic rings. The van der Waals surface area contributed by atoms with Crippen molar-refractivity contribution in [1.29, 1.82) is 0 Å². The van der Waals surface area contributed by atoms with Crippen LogP contribution in [-0.2, 0) is 28.5 Å². The third-order valence-corrected chi connectivity index (χ3v) is 12.8. The van der Waals surface area contributed by atoms with Gasteiger partial charge in [0.15, 0.2) is 11.1 Å². The number of hydrogen-bond acceptors (Lipinski definition) is 5. The van der Waals surface area contributed by atoms with Crippen LogP contribution in [0, 0.1) is 6.92 Å². The largest absolute Gasteiger partial charge is 0.457 e. The molecule has 7 heteroatoms. The smallest absolute Gasteiger partial charge is 0.186 e. The second-order valence-electron chi connectivity index (χ2n) is 15.8. The van der Waals surface area contributed by atoms with Gasteiger partial charge in [-0.25, -0.2) is 4.21 Å². The van der Waals surface area contributed by atoms with Gasteiger partial charge in [0.05, 0.1) is 4.90 Å². The Kier molecular flexibility index (Phi) is 13.8. The molecule has 0 aliphatic heterocycles. The second-order valence-corrected chi connectivity index (χ2v) is 16.7. The summed E-state index contributed by atoms with van der Waals surface area (Å²) in [6.45, 7) is 18.9. The average Bonchev–Trinajstić information content (AvgIpc) is 3.25. The molecule has 0 bridgehead atoms. The fraction of sp³-hybridized carbons (Fsp3) is 0.308. The summed E-state index contributed by atoms with van der Waals surface area (Å²) in [6, 6.07) is 44.3. The third-order valence-electron chi connectivity index (χ3n) is 12.0. The first-order valence-electron chi connectivity index (χ1n) is 21.0. The van der Waals surface area contributed by atoms with Gasteiger partial charge in [0.1, 0.15) is 28.6 Å². The van der Waals surface area contributed by atoms with Crippen LogP contribution in [0.4, 0.5) is 5.69 Å². The minimum absolute atomic E-state index is 0.320. The Labute approximate surface area is 354 Å². The van der Waals surface area contributed by atoms with Crippen molar-refractivity contribution in [1.82, 2.24) is 0 Å². The number of ether oxygens (including phenoxy) is 2. The topological polar surface area (TPSA) is 79.2 Å². The fourth-order valence-corrected chi connectivity index (χ4v) is 8.71. The summed E-state index contributed by atoms with van der Waals surface area (Å²) in [5.74, 6) is 2.98. The Morgan fingerprint density at radius 2 is 1.07 bits per heavy atom. The Balaban J connectivity index is 1.28. The highest BCUT2D eigenvalue weighted by Crippen LogP contribution is 2.42. The Morgan fingerprint density at radius 1 is 0.610 bits per heavy atom. The second kappa shape index (κ2) is 18.8. The van der Waals surface area contributed by atoms with Crippen molar-refractivity contribution in [2.75, 3.05) is 18.0 Å². The Bertz CT molecular complexity index is 2270. The van der Waals surface area contributed by atoms with Crippen LogP contribution < -0.4 is 14.4 Å². The van der Waals surface area contributed by atoms with Crippen LogP contribution in [0.5, 0.6) is 23.0 Å². The van der Waals surface area contributed by atoms with Gasteiger partial charge in [0.2, 0.25) is 0 Å². The molecule has 0 aromatic heterocycles. The highest BCUT2D eigenvalue weighted by Gasteiger charge is 2.36. The monoisotopic (exact) mass is 809 g/mol. The van der Waals surface area contributed by atoms with Gasteiger partial charge in [-0.3, -0.25) is 0 Å². The van der Waals surface area contributed by atoms with Gasteiger partial charge in [0.25, 0.3) is 0 Å². The van der Waals surface area contributed by atoms with E-state index >= 15 is 0 Å². The molecule has 6 rings (SSSR count). The highest BCUT2D eigenvalue weighted by molar-refractivity contribution is 7.79. The van der Waals surface area contributed by atoms with E-state index in [-0.39, 0.29) is 5.41 Å². The van der Waals surface area contributed by atoms with E-state index in [1.54, 1.807) is 25.1 Å². The summed E-state index contributed by atoms with van der Waals surface area (Å²) in [7, 11) is 0. The molecule has 0 spiro atoms. The maximum absolute atomic E-state index is 13.2. The lowest BCUT2D eigenvalue weighted by atomic mass is 9.77. The molecule has 2 N–H and O–H groups in total. The summed E-state index contributed by atoms with van der Waals surface area (Å²) in [5, 5.41) is 13.2. The van der Waals surface area contributed by atoms with Gasteiger partial charge >= 0.3 is 0 Å². The van der Waals surface area contributed by atoms with Crippen molar-refractivity contribution in [3.8, 4) is 23.0 Å². The molecule has 308 valence electrons. The van der Waals surface area contributed by atoms with E-state index in [1.165, 1.54) is 5.56 Å². The number of anilines is 1. The predicted octanol–water partition coefficient (Wildman–Crippen LogP) is 13.1. The number of benzene rings is 6. The summed E-state index contributed by atoms with van der Waals surface area (Å²) < 4.78 is 33.9. The third kappa shape index (κ3) is 9.33. The van der Waals surface area contributed by atoms with Crippen LogP contribution >= 0.6 is 0 Å². The quantitative estimate of drug-likeness (QED) is 0.0706. The van der Waals surface area contributed by atoms with E-state index in [4.69, 9.17) is 9.47 Å². The van der Waals surface area contributed by atoms with Crippen LogP contribution in [0.3, 0.4) is 0 Å². The molecular formula is C52H59NO5S. The van der Waals surface area contributed by atoms with Crippen molar-refractivity contribution in [2.45, 2.75) is 96.5 Å². The lowest BCUT2D eigenvalue weighted by molar-refractivity contribution is 0.124. The van der Waals surface area contributed by atoms with E-state index in [1.807, 2.05) is 48.5 Å². The van der Waals surface area contributed by atoms with Crippen molar-refractivity contribution in [3.63, 3.8) is 0 Å². The van der Waals surface area contributed by atoms with Crippen molar-refractivity contribution < 1.29 is 23.3 Å². The molecule has 0 heterocycles. The van der Waals surface area contributed by atoms with E-state index in [0.717, 1.165) is 77.0 Å². The standard InChI is InChI=1S/C52H59NO5S/c1-9-37(10-2)39-15-18-42(19-16-39)52(54,43-20-26-44(27-21-43)53(12-4)13-5)49-34-47(29-17-38(49)11-3)57-45-30-22-40(23-31-45)51(7,8)41-24-32-46(33-25-41)58-48-28-14-36(6)50(35-48)59(55)56/h14-35,37,54H,9-13H2,1-8H3,(H,55,56). The highest BCUT2D eigenvalue weighted by atomic mass is 32.2. The molecular weight excluding hydrogens is 751 g/mol. The first-order chi connectivity index (χ1) is 28.3. The molecule has 0 aliphatic carbocycles. The number of aryl methyl sites for hydroxylation is 2. The zero-order chi connectivity index (χ0) is 42.3. The van der Waals surface area contributed by atoms with E-state index < -0.39 is 16.7 Å². The molecule has 0 fully saturated rings. The number of rotatable bonds is 17. The molecule has 6 aromatic carbocycles. The summed E-state index contributed by atoms with van der Waals surface area (Å²) in [4.78, 5) is 2.65. The van der Waals surface area contributed by atoms with Crippen LogP contribution in [0.15, 0.2) is 138 Å². The van der Waals surface area contributed by atoms with Crippen LogP contribution in [0.2, 0.25) is 0 Å². The van der Waals surface area contributed by atoms with Gasteiger partial charge in [0, 0.05) is 24.2 Å². The molecule has 6 nitrogen and oxygen atoms in total. The number of nitrogens with zero attached hydrogens (tertiary/aromatic N) is 1. The van der Waals surface area contributed by atoms with Gasteiger partial charge in [-0.05, 0) is 151 Å². The molecule has 0 amide bonds. The molecule has 0 saturated carbocycles. The zero-order valence-electron chi connectivity index (χ0n) is 35.8. The number of aliphatic hydroxyl groups is 1. The van der Waals surface area contributed by atoms with Gasteiger partial charge in [-0.1, -0.05) is 107 Å². The Hall–Kier alpha value is -5.21. The van der Waals surface area contributed by atoms with Gasteiger partial charge < -0.3 is 24.0 Å². The summed E-state index contributed by atoms with van der Waals surface area (Å²) in [6.07, 6.45) is 2.89. The van der Waals surface area contributed by atoms with Crippen LogP contribution in [0.25, 0.3) is 0 Å². The molecule has 2 atom stereocenters. The molecule has 59 heavy (non-hydrogen) atoms. The van der Waals surface area contributed by atoms with Crippen molar-refractivity contribution in [3.05, 3.63) is 178 Å². The first kappa shape index (κ1) is 43.4. The van der Waals surface area contributed by atoms with Crippen LogP contribution in [0.1, 0.15) is 112 Å². The number of hydrogen-bond donors (Lipinski definition) is 2. The lowest BCUT2D eigenvalue weighted by Crippen LogP contribution is -2.30. The van der Waals surface area contributed by atoms with Crippen molar-refractivity contribution in [2.24, 2.45) is 0 Å². The lowest BCUT2D eigenvalue weighted by Gasteiger charge is -2.33. The predicted molar refractivity (Wildman–Crippen MR) is 243 cm³/mol. The maximum Gasteiger partial charge on any atom is 0.186 e. The first-order valence-corrected chi connectivity index (χ1v) is 22.1. The fourth-order valence-electron chi connectivity index (χ4n) is 8.15. The summed E-state index contributed by atoms with van der Waals surface area (Å²) in [5.41, 5.74) is 7.14. The average molecular weight is 810 g/mol. The molecule has 0 radical (unpaired) electrons. The SMILES string of the molecule is CCc1ccc(Oc2ccc(C(C)(C)c3ccc(Oc4ccc(C)c(S(=O)O)c4)cc3)cc2)cc1C(O)(c1ccc(C(CC)CC)cc1)c1ccc(N(CC)CC)cc1. The van der Waals surface area contributed by atoms with E-state index in [9.17, 15) is 13.9 Å². The van der Waals surface area contributed by atoms with Gasteiger partial charge in [-0.15, -0.1) is 0 Å². The van der Waals surface area contributed by atoms with Crippen molar-refractivity contribution >= 4 is 16.8 Å².